The summed E-state index contributed by atoms with van der Waals surface area (Å²) in [5.74, 6) is 2.15. The molecule has 4 rings (SSSR count). The zero-order valence-corrected chi connectivity index (χ0v) is 11.5. The van der Waals surface area contributed by atoms with Crippen LogP contribution in [0.1, 0.15) is 18.4 Å². The fraction of sp³-hybridized carbons (Fsp3) is 0.389. The number of ether oxygens (including phenoxy) is 1. The molecule has 0 spiro atoms. The molecule has 0 bridgehead atoms. The molecule has 1 saturated carbocycles. The molecule has 2 heteroatoms. The molecular weight excluding hydrogens is 246 g/mol. The van der Waals surface area contributed by atoms with E-state index in [1.54, 1.807) is 0 Å². The number of fused-ring (bicyclic) bond motifs is 3. The smallest absolute Gasteiger partial charge is 0.184 e. The van der Waals surface area contributed by atoms with Crippen LogP contribution in [0.4, 0.5) is 0 Å². The fourth-order valence-corrected chi connectivity index (χ4v) is 3.61. The first kappa shape index (κ1) is 12.0. The van der Waals surface area contributed by atoms with Crippen molar-refractivity contribution in [2.75, 3.05) is 0 Å². The first-order valence-electron chi connectivity index (χ1n) is 7.52. The molecule has 0 radical (unpaired) electrons. The van der Waals surface area contributed by atoms with E-state index in [1.165, 1.54) is 5.56 Å². The Labute approximate surface area is 119 Å². The molecule has 1 fully saturated rings. The van der Waals surface area contributed by atoms with Crippen molar-refractivity contribution in [3.63, 3.8) is 0 Å². The number of hydrogen-bond acceptors (Lipinski definition) is 2. The van der Waals surface area contributed by atoms with Crippen LogP contribution in [0, 0.1) is 11.8 Å². The van der Waals surface area contributed by atoms with Crippen LogP contribution in [-0.2, 0) is 11.2 Å². The SMILES string of the molecule is C1=CC2CC3OC(CCc4ccccc4)=N[C@H]3C2C=C1. The number of aryl methyl sites for hydroxylation is 1. The van der Waals surface area contributed by atoms with E-state index in [-0.39, 0.29) is 0 Å². The van der Waals surface area contributed by atoms with Crippen LogP contribution in [0.5, 0.6) is 0 Å². The quantitative estimate of drug-likeness (QED) is 0.819. The van der Waals surface area contributed by atoms with Gasteiger partial charge in [0.25, 0.3) is 0 Å². The lowest BCUT2D eigenvalue weighted by Gasteiger charge is -2.17. The monoisotopic (exact) mass is 265 g/mol. The minimum Gasteiger partial charge on any atom is -0.475 e. The third kappa shape index (κ3) is 2.09. The maximum Gasteiger partial charge on any atom is 0.184 e. The second kappa shape index (κ2) is 4.93. The van der Waals surface area contributed by atoms with Crippen LogP contribution in [-0.4, -0.2) is 18.0 Å². The second-order valence-corrected chi connectivity index (χ2v) is 5.90. The predicted molar refractivity (Wildman–Crippen MR) is 80.7 cm³/mol. The number of rotatable bonds is 3. The number of benzene rings is 1. The molecule has 3 aliphatic rings. The van der Waals surface area contributed by atoms with Gasteiger partial charge in [-0.25, -0.2) is 4.99 Å². The van der Waals surface area contributed by atoms with Crippen molar-refractivity contribution in [3.05, 3.63) is 60.2 Å². The highest BCUT2D eigenvalue weighted by molar-refractivity contribution is 5.78. The normalized spacial score (nSPS) is 33.5. The van der Waals surface area contributed by atoms with Gasteiger partial charge in [0.05, 0.1) is 6.04 Å². The molecule has 1 aliphatic heterocycles. The molecule has 0 amide bonds. The number of aliphatic imine (C=N–C) groups is 1. The summed E-state index contributed by atoms with van der Waals surface area (Å²) in [6.07, 6.45) is 12.3. The summed E-state index contributed by atoms with van der Waals surface area (Å²) in [6, 6.07) is 10.9. The number of allylic oxidation sites excluding steroid dienone is 3. The molecule has 2 nitrogen and oxygen atoms in total. The molecule has 20 heavy (non-hydrogen) atoms. The Kier molecular flexibility index (Phi) is 2.95. The van der Waals surface area contributed by atoms with Gasteiger partial charge in [0.1, 0.15) is 6.10 Å². The zero-order chi connectivity index (χ0) is 13.4. The Morgan fingerprint density at radius 3 is 2.80 bits per heavy atom. The molecule has 2 aliphatic carbocycles. The van der Waals surface area contributed by atoms with E-state index in [4.69, 9.17) is 9.73 Å². The van der Waals surface area contributed by atoms with Crippen LogP contribution in [0.2, 0.25) is 0 Å². The van der Waals surface area contributed by atoms with Crippen molar-refractivity contribution in [2.24, 2.45) is 16.8 Å². The maximum absolute atomic E-state index is 6.08. The van der Waals surface area contributed by atoms with Gasteiger partial charge < -0.3 is 4.74 Å². The van der Waals surface area contributed by atoms with Crippen LogP contribution in [0.3, 0.4) is 0 Å². The van der Waals surface area contributed by atoms with Gasteiger partial charge in [-0.05, 0) is 24.3 Å². The summed E-state index contributed by atoms with van der Waals surface area (Å²) in [7, 11) is 0. The van der Waals surface area contributed by atoms with Crippen LogP contribution in [0.15, 0.2) is 59.6 Å². The Hall–Kier alpha value is -1.83. The lowest BCUT2D eigenvalue weighted by atomic mass is 9.90. The Bertz CT molecular complexity index is 572. The minimum atomic E-state index is 0.308. The molecule has 1 aromatic carbocycles. The fourth-order valence-electron chi connectivity index (χ4n) is 3.61. The Balaban J connectivity index is 1.42. The molecule has 1 aromatic rings. The van der Waals surface area contributed by atoms with Gasteiger partial charge >= 0.3 is 0 Å². The standard InChI is InChI=1S/C18H19NO/c1-2-6-13(7-3-1)10-11-17-19-18-15-9-5-4-8-14(15)12-16(18)20-17/h1-9,14-16,18H,10-12H2/t14?,15?,16?,18-/m0/s1. The predicted octanol–water partition coefficient (Wildman–Crippen LogP) is 3.55. The first-order valence-corrected chi connectivity index (χ1v) is 7.52. The minimum absolute atomic E-state index is 0.308. The molecule has 102 valence electrons. The van der Waals surface area contributed by atoms with Crippen molar-refractivity contribution in [3.8, 4) is 0 Å². The van der Waals surface area contributed by atoms with Crippen molar-refractivity contribution >= 4 is 5.90 Å². The highest BCUT2D eigenvalue weighted by Gasteiger charge is 2.46. The van der Waals surface area contributed by atoms with Gasteiger partial charge in [0.2, 0.25) is 0 Å². The van der Waals surface area contributed by atoms with Crippen molar-refractivity contribution < 1.29 is 4.74 Å². The van der Waals surface area contributed by atoms with E-state index in [0.717, 1.165) is 25.2 Å². The molecule has 0 aromatic heterocycles. The van der Waals surface area contributed by atoms with E-state index in [0.29, 0.717) is 24.0 Å². The maximum atomic E-state index is 6.08. The van der Waals surface area contributed by atoms with Crippen molar-refractivity contribution in [1.82, 2.24) is 0 Å². The van der Waals surface area contributed by atoms with Crippen LogP contribution in [0.25, 0.3) is 0 Å². The van der Waals surface area contributed by atoms with Gasteiger partial charge in [0, 0.05) is 12.3 Å². The summed E-state index contributed by atoms with van der Waals surface area (Å²) in [4.78, 5) is 4.86. The van der Waals surface area contributed by atoms with E-state index >= 15 is 0 Å². The highest BCUT2D eigenvalue weighted by Crippen LogP contribution is 2.42. The van der Waals surface area contributed by atoms with E-state index in [2.05, 4.69) is 54.6 Å². The van der Waals surface area contributed by atoms with Gasteiger partial charge in [-0.2, -0.15) is 0 Å². The molecule has 0 N–H and O–H groups in total. The summed E-state index contributed by atoms with van der Waals surface area (Å²) in [5.41, 5.74) is 1.36. The van der Waals surface area contributed by atoms with E-state index < -0.39 is 0 Å². The molecule has 0 saturated heterocycles. The van der Waals surface area contributed by atoms with Gasteiger partial charge in [-0.3, -0.25) is 0 Å². The average Bonchev–Trinajstić information content (AvgIpc) is 3.03. The summed E-state index contributed by atoms with van der Waals surface area (Å²) < 4.78 is 6.08. The third-order valence-electron chi connectivity index (χ3n) is 4.63. The van der Waals surface area contributed by atoms with Gasteiger partial charge in [-0.15, -0.1) is 0 Å². The zero-order valence-electron chi connectivity index (χ0n) is 11.5. The largest absolute Gasteiger partial charge is 0.475 e. The first-order chi connectivity index (χ1) is 9.90. The van der Waals surface area contributed by atoms with E-state index in [1.807, 2.05) is 0 Å². The molecule has 1 heterocycles. The topological polar surface area (TPSA) is 21.6 Å². The second-order valence-electron chi connectivity index (χ2n) is 5.90. The Morgan fingerprint density at radius 1 is 1.05 bits per heavy atom. The van der Waals surface area contributed by atoms with E-state index in [9.17, 15) is 0 Å². The van der Waals surface area contributed by atoms with Crippen LogP contribution < -0.4 is 0 Å². The summed E-state index contributed by atoms with van der Waals surface area (Å²) in [6.45, 7) is 0. The molecular formula is C18H19NO. The summed E-state index contributed by atoms with van der Waals surface area (Å²) >= 11 is 0. The van der Waals surface area contributed by atoms with Crippen molar-refractivity contribution in [2.45, 2.75) is 31.4 Å². The lowest BCUT2D eigenvalue weighted by Crippen LogP contribution is -2.20. The highest BCUT2D eigenvalue weighted by atomic mass is 16.5. The van der Waals surface area contributed by atoms with Crippen molar-refractivity contribution in [1.29, 1.82) is 0 Å². The molecule has 3 unspecified atom stereocenters. The van der Waals surface area contributed by atoms with Gasteiger partial charge in [0.15, 0.2) is 5.90 Å². The number of hydrogen-bond donors (Lipinski definition) is 0. The lowest BCUT2D eigenvalue weighted by molar-refractivity contribution is 0.201. The van der Waals surface area contributed by atoms with Crippen LogP contribution >= 0.6 is 0 Å². The number of nitrogens with zero attached hydrogens (tertiary/aromatic N) is 1. The third-order valence-corrected chi connectivity index (χ3v) is 4.63. The average molecular weight is 265 g/mol. The summed E-state index contributed by atoms with van der Waals surface area (Å²) in [5, 5.41) is 0. The van der Waals surface area contributed by atoms with Gasteiger partial charge in [-0.1, -0.05) is 54.6 Å². The molecule has 4 atom stereocenters. The Morgan fingerprint density at radius 2 is 1.90 bits per heavy atom.